The zero-order chi connectivity index (χ0) is 15.5. The van der Waals surface area contributed by atoms with E-state index in [1.54, 1.807) is 19.5 Å². The zero-order valence-corrected chi connectivity index (χ0v) is 13.2. The van der Waals surface area contributed by atoms with E-state index in [0.717, 1.165) is 12.8 Å². The number of rotatable bonds is 5. The highest BCUT2D eigenvalue weighted by atomic mass is 16.8. The lowest BCUT2D eigenvalue weighted by Crippen LogP contribution is -2.51. The molecule has 3 aliphatic rings. The Bertz CT molecular complexity index is 471. The van der Waals surface area contributed by atoms with E-state index in [1.165, 1.54) is 19.3 Å². The average Bonchev–Trinajstić information content (AvgIpc) is 3.33. The number of nitrogens with one attached hydrogen (secondary N) is 2. The second-order valence-electron chi connectivity index (χ2n) is 6.32. The molecule has 6 heteroatoms. The smallest absolute Gasteiger partial charge is 0.268 e. The van der Waals surface area contributed by atoms with Crippen molar-refractivity contribution in [1.29, 1.82) is 0 Å². The number of amides is 1. The molecule has 3 unspecified atom stereocenters. The fraction of sp³-hybridized carbons (Fsp3) is 0.750. The summed E-state index contributed by atoms with van der Waals surface area (Å²) in [6, 6.07) is -0.0612. The summed E-state index contributed by atoms with van der Waals surface area (Å²) in [6.45, 7) is 1.93. The van der Waals surface area contributed by atoms with Gasteiger partial charge in [0.15, 0.2) is 6.29 Å². The molecule has 2 fully saturated rings. The molecule has 1 saturated heterocycles. The van der Waals surface area contributed by atoms with Gasteiger partial charge in [0.2, 0.25) is 0 Å². The second kappa shape index (κ2) is 6.79. The number of carbonyl (C=O) groups is 1. The van der Waals surface area contributed by atoms with Crippen LogP contribution in [0.15, 0.2) is 17.4 Å². The van der Waals surface area contributed by atoms with Crippen LogP contribution >= 0.6 is 0 Å². The molecular weight excluding hydrogens is 282 g/mol. The highest BCUT2D eigenvalue weighted by molar-refractivity contribution is 6.41. The van der Waals surface area contributed by atoms with Crippen LogP contribution in [0.3, 0.4) is 0 Å². The van der Waals surface area contributed by atoms with Gasteiger partial charge in [0.05, 0.1) is 12.1 Å². The van der Waals surface area contributed by atoms with Gasteiger partial charge in [-0.3, -0.25) is 9.79 Å². The third kappa shape index (κ3) is 3.33. The fourth-order valence-corrected chi connectivity index (χ4v) is 3.49. The molecule has 2 heterocycles. The summed E-state index contributed by atoms with van der Waals surface area (Å²) in [5, 5.41) is 6.27. The van der Waals surface area contributed by atoms with Crippen molar-refractivity contribution in [2.45, 2.75) is 63.5 Å². The standard InChI is InChI=1S/C16H25N3O3/c1-10-12(18-9-8-17-10)15(20)19-13(14-16(21-2)22-14)11-6-4-3-5-7-11/h8-11,13-14,16-17H,3-7H2,1-2H3,(H,19,20)/t10?,13-,14?,16?/m0/s1. The minimum Gasteiger partial charge on any atom is -0.381 e. The minimum absolute atomic E-state index is 0.0126. The third-order valence-electron chi connectivity index (χ3n) is 4.80. The van der Waals surface area contributed by atoms with E-state index in [0.29, 0.717) is 11.6 Å². The second-order valence-corrected chi connectivity index (χ2v) is 6.32. The Kier molecular flexibility index (Phi) is 4.78. The van der Waals surface area contributed by atoms with E-state index in [4.69, 9.17) is 9.47 Å². The van der Waals surface area contributed by atoms with E-state index in [-0.39, 0.29) is 30.4 Å². The van der Waals surface area contributed by atoms with E-state index in [9.17, 15) is 4.79 Å². The minimum atomic E-state index is -0.184. The summed E-state index contributed by atoms with van der Waals surface area (Å²) in [4.78, 5) is 16.8. The molecule has 0 aromatic rings. The number of hydrogen-bond donors (Lipinski definition) is 2. The lowest BCUT2D eigenvalue weighted by atomic mass is 9.82. The number of epoxide rings is 1. The molecule has 0 aromatic heterocycles. The Labute approximate surface area is 131 Å². The molecule has 1 aliphatic carbocycles. The molecule has 0 spiro atoms. The fourth-order valence-electron chi connectivity index (χ4n) is 3.49. The largest absolute Gasteiger partial charge is 0.381 e. The first kappa shape index (κ1) is 15.5. The van der Waals surface area contributed by atoms with Crippen LogP contribution in [0.25, 0.3) is 0 Å². The molecule has 22 heavy (non-hydrogen) atoms. The molecule has 0 aromatic carbocycles. The summed E-state index contributed by atoms with van der Waals surface area (Å²) >= 11 is 0. The average molecular weight is 307 g/mol. The van der Waals surface area contributed by atoms with Crippen molar-refractivity contribution in [2.24, 2.45) is 10.9 Å². The molecule has 4 atom stereocenters. The van der Waals surface area contributed by atoms with Gasteiger partial charge in [-0.15, -0.1) is 0 Å². The van der Waals surface area contributed by atoms with Crippen molar-refractivity contribution in [3.05, 3.63) is 12.4 Å². The Hall–Kier alpha value is -1.40. The number of hydrogen-bond acceptors (Lipinski definition) is 5. The highest BCUT2D eigenvalue weighted by Crippen LogP contribution is 2.35. The topological polar surface area (TPSA) is 75.2 Å². The van der Waals surface area contributed by atoms with Crippen LogP contribution in [0, 0.1) is 5.92 Å². The maximum absolute atomic E-state index is 12.6. The van der Waals surface area contributed by atoms with Gasteiger partial charge in [-0.2, -0.15) is 0 Å². The molecule has 1 saturated carbocycles. The first-order valence-electron chi connectivity index (χ1n) is 8.18. The van der Waals surface area contributed by atoms with Gasteiger partial charge in [0.25, 0.3) is 5.91 Å². The number of ether oxygens (including phenoxy) is 2. The molecule has 6 nitrogen and oxygen atoms in total. The van der Waals surface area contributed by atoms with Crippen molar-refractivity contribution in [1.82, 2.24) is 10.6 Å². The summed E-state index contributed by atoms with van der Waals surface area (Å²) in [5.74, 6) is 0.358. The summed E-state index contributed by atoms with van der Waals surface area (Å²) in [7, 11) is 1.65. The monoisotopic (exact) mass is 307 g/mol. The van der Waals surface area contributed by atoms with Crippen LogP contribution in [0.4, 0.5) is 0 Å². The van der Waals surface area contributed by atoms with Gasteiger partial charge in [-0.05, 0) is 25.7 Å². The molecule has 0 bridgehead atoms. The van der Waals surface area contributed by atoms with Crippen LogP contribution in [-0.2, 0) is 14.3 Å². The number of nitrogens with zero attached hydrogens (tertiary/aromatic N) is 1. The van der Waals surface area contributed by atoms with Crippen LogP contribution < -0.4 is 10.6 Å². The van der Waals surface area contributed by atoms with Gasteiger partial charge in [-0.25, -0.2) is 0 Å². The number of methoxy groups -OCH3 is 1. The van der Waals surface area contributed by atoms with E-state index < -0.39 is 0 Å². The lowest BCUT2D eigenvalue weighted by molar-refractivity contribution is -0.116. The van der Waals surface area contributed by atoms with Gasteiger partial charge >= 0.3 is 0 Å². The van der Waals surface area contributed by atoms with E-state index in [2.05, 4.69) is 15.6 Å². The van der Waals surface area contributed by atoms with Crippen molar-refractivity contribution in [3.63, 3.8) is 0 Å². The Morgan fingerprint density at radius 3 is 2.86 bits per heavy atom. The van der Waals surface area contributed by atoms with Gasteiger partial charge in [0, 0.05) is 19.5 Å². The first-order valence-corrected chi connectivity index (χ1v) is 8.18. The van der Waals surface area contributed by atoms with Crippen LogP contribution in [0.1, 0.15) is 39.0 Å². The van der Waals surface area contributed by atoms with Crippen molar-refractivity contribution in [3.8, 4) is 0 Å². The number of carbonyl (C=O) groups excluding carboxylic acids is 1. The summed E-state index contributed by atoms with van der Waals surface area (Å²) in [5.41, 5.74) is 0.526. The highest BCUT2D eigenvalue weighted by Gasteiger charge is 2.49. The Balaban J connectivity index is 1.68. The third-order valence-corrected chi connectivity index (χ3v) is 4.80. The normalized spacial score (nSPS) is 32.8. The van der Waals surface area contributed by atoms with Crippen LogP contribution in [0.5, 0.6) is 0 Å². The molecule has 3 rings (SSSR count). The number of aliphatic imine (C=N–C) groups is 1. The van der Waals surface area contributed by atoms with E-state index in [1.807, 2.05) is 6.92 Å². The van der Waals surface area contributed by atoms with Gasteiger partial charge < -0.3 is 20.1 Å². The lowest BCUT2D eigenvalue weighted by Gasteiger charge is -2.30. The van der Waals surface area contributed by atoms with Crippen LogP contribution in [-0.4, -0.2) is 43.2 Å². The molecule has 2 aliphatic heterocycles. The summed E-state index contributed by atoms with van der Waals surface area (Å²) < 4.78 is 10.9. The van der Waals surface area contributed by atoms with Gasteiger partial charge in [0.1, 0.15) is 11.8 Å². The molecule has 2 N–H and O–H groups in total. The Morgan fingerprint density at radius 1 is 1.45 bits per heavy atom. The SMILES string of the molecule is COC1OC1[C@@H](NC(=O)C1=NC=CNC1C)C1CCCCC1. The van der Waals surface area contributed by atoms with Crippen LogP contribution in [0.2, 0.25) is 0 Å². The molecule has 1 amide bonds. The first-order chi connectivity index (χ1) is 10.7. The predicted octanol–water partition coefficient (Wildman–Crippen LogP) is 1.33. The molecular formula is C16H25N3O3. The maximum Gasteiger partial charge on any atom is 0.268 e. The predicted molar refractivity (Wildman–Crippen MR) is 83.3 cm³/mol. The van der Waals surface area contributed by atoms with Gasteiger partial charge in [-0.1, -0.05) is 19.3 Å². The van der Waals surface area contributed by atoms with E-state index >= 15 is 0 Å². The zero-order valence-electron chi connectivity index (χ0n) is 13.2. The quantitative estimate of drug-likeness (QED) is 0.751. The maximum atomic E-state index is 12.6. The molecule has 122 valence electrons. The van der Waals surface area contributed by atoms with Crippen molar-refractivity contribution < 1.29 is 14.3 Å². The van der Waals surface area contributed by atoms with Crippen molar-refractivity contribution >= 4 is 11.6 Å². The summed E-state index contributed by atoms with van der Waals surface area (Å²) in [6.07, 6.45) is 9.18. The van der Waals surface area contributed by atoms with Crippen molar-refractivity contribution in [2.75, 3.05) is 7.11 Å². The Morgan fingerprint density at radius 2 is 2.23 bits per heavy atom. The molecule has 0 radical (unpaired) electrons.